The van der Waals surface area contributed by atoms with Gasteiger partial charge in [-0.15, -0.1) is 5.06 Å². The molecule has 25 heavy (non-hydrogen) atoms. The van der Waals surface area contributed by atoms with Crippen LogP contribution in [0.5, 0.6) is 0 Å². The fourth-order valence-electron chi connectivity index (χ4n) is 2.25. The molecule has 0 amide bonds. The summed E-state index contributed by atoms with van der Waals surface area (Å²) in [6.45, 7) is 4.02. The van der Waals surface area contributed by atoms with Crippen LogP contribution in [-0.4, -0.2) is 24.1 Å². The Balaban J connectivity index is 1.86. The van der Waals surface area contributed by atoms with Gasteiger partial charge in [-0.1, -0.05) is 68.4 Å². The molecule has 0 spiro atoms. The van der Waals surface area contributed by atoms with Gasteiger partial charge in [0.25, 0.3) is 0 Å². The predicted molar refractivity (Wildman–Crippen MR) is 106 cm³/mol. The molecular weight excluding hydrogens is 310 g/mol. The molecule has 0 aromatic heterocycles. The highest BCUT2D eigenvalue weighted by atomic mass is 16.7. The Morgan fingerprint density at radius 3 is 1.84 bits per heavy atom. The first-order valence-electron chi connectivity index (χ1n) is 9.88. The van der Waals surface area contributed by atoms with Crippen LogP contribution in [0, 0.1) is 0 Å². The van der Waals surface area contributed by atoms with E-state index in [-0.39, 0.29) is 5.97 Å². The first-order valence-corrected chi connectivity index (χ1v) is 9.88. The summed E-state index contributed by atoms with van der Waals surface area (Å²) in [6.07, 6.45) is 28.2. The van der Waals surface area contributed by atoms with E-state index in [4.69, 9.17) is 4.84 Å². The zero-order valence-electron chi connectivity index (χ0n) is 15.9. The molecule has 1 rings (SSSR count). The molecule has 1 aliphatic heterocycles. The molecule has 0 unspecified atom stereocenters. The minimum absolute atomic E-state index is 0.103. The molecule has 140 valence electrons. The Morgan fingerprint density at radius 1 is 0.800 bits per heavy atom. The van der Waals surface area contributed by atoms with E-state index >= 15 is 0 Å². The molecule has 0 bridgehead atoms. The van der Waals surface area contributed by atoms with Crippen molar-refractivity contribution in [2.24, 2.45) is 0 Å². The van der Waals surface area contributed by atoms with Crippen LogP contribution in [0.1, 0.15) is 71.1 Å². The fourth-order valence-corrected chi connectivity index (χ4v) is 2.25. The quantitative estimate of drug-likeness (QED) is 0.210. The molecule has 1 fully saturated rings. The lowest BCUT2D eigenvalue weighted by atomic mass is 10.2. The van der Waals surface area contributed by atoms with Gasteiger partial charge in [0.2, 0.25) is 0 Å². The van der Waals surface area contributed by atoms with E-state index in [1.54, 1.807) is 5.06 Å². The lowest BCUT2D eigenvalue weighted by molar-refractivity contribution is -0.166. The third kappa shape index (κ3) is 15.6. The maximum atomic E-state index is 11.3. The third-order valence-corrected chi connectivity index (χ3v) is 3.85. The molecule has 0 radical (unpaired) electrons. The first-order chi connectivity index (χ1) is 12.3. The molecule has 3 heteroatoms. The number of nitrogens with zero attached hydrogens (tertiary/aromatic N) is 1. The van der Waals surface area contributed by atoms with Crippen molar-refractivity contribution >= 4 is 5.97 Å². The summed E-state index contributed by atoms with van der Waals surface area (Å²) in [5.74, 6) is -0.103. The fraction of sp³-hybridized carbons (Fsp3) is 0.591. The Bertz CT molecular complexity index is 445. The first kappa shape index (κ1) is 21.4. The van der Waals surface area contributed by atoms with Crippen molar-refractivity contribution in [1.29, 1.82) is 0 Å². The average molecular weight is 346 g/mol. The number of hydroxylamine groups is 2. The highest BCUT2D eigenvalue weighted by Gasteiger charge is 2.21. The topological polar surface area (TPSA) is 29.3 Å². The van der Waals surface area contributed by atoms with Gasteiger partial charge in [-0.3, -0.25) is 4.79 Å². The smallest absolute Gasteiger partial charge is 0.325 e. The van der Waals surface area contributed by atoms with Crippen LogP contribution in [-0.2, 0) is 9.63 Å². The molecule has 1 heterocycles. The van der Waals surface area contributed by atoms with E-state index in [0.29, 0.717) is 6.42 Å². The van der Waals surface area contributed by atoms with Gasteiger partial charge in [0.1, 0.15) is 0 Å². The van der Waals surface area contributed by atoms with Gasteiger partial charge in [0, 0.05) is 6.42 Å². The van der Waals surface area contributed by atoms with Crippen LogP contribution >= 0.6 is 0 Å². The molecular formula is C22H35NO2. The van der Waals surface area contributed by atoms with Crippen molar-refractivity contribution in [2.45, 2.75) is 71.1 Å². The van der Waals surface area contributed by atoms with E-state index in [9.17, 15) is 4.79 Å². The van der Waals surface area contributed by atoms with Crippen molar-refractivity contribution in [3.63, 3.8) is 0 Å². The van der Waals surface area contributed by atoms with Gasteiger partial charge in [-0.05, 0) is 44.9 Å². The van der Waals surface area contributed by atoms with Crippen LogP contribution in [0.2, 0.25) is 0 Å². The van der Waals surface area contributed by atoms with Crippen LogP contribution in [0.3, 0.4) is 0 Å². The molecule has 0 saturated carbocycles. The minimum Gasteiger partial charge on any atom is -0.368 e. The van der Waals surface area contributed by atoms with Crippen molar-refractivity contribution in [2.75, 3.05) is 13.1 Å². The number of hydrogen-bond donors (Lipinski definition) is 0. The van der Waals surface area contributed by atoms with E-state index < -0.39 is 0 Å². The summed E-state index contributed by atoms with van der Waals surface area (Å²) < 4.78 is 0. The number of unbranched alkanes of at least 4 members (excludes halogenated alkanes) is 4. The Labute approximate surface area is 154 Å². The zero-order valence-corrected chi connectivity index (χ0v) is 15.9. The summed E-state index contributed by atoms with van der Waals surface area (Å²) in [7, 11) is 0. The van der Waals surface area contributed by atoms with Gasteiger partial charge < -0.3 is 4.84 Å². The molecule has 1 aliphatic rings. The third-order valence-electron chi connectivity index (χ3n) is 3.85. The zero-order chi connectivity index (χ0) is 18.0. The van der Waals surface area contributed by atoms with Crippen molar-refractivity contribution in [3.05, 3.63) is 48.6 Å². The highest BCUT2D eigenvalue weighted by Crippen LogP contribution is 2.07. The Kier molecular flexibility index (Phi) is 13.6. The van der Waals surface area contributed by atoms with E-state index in [1.807, 2.05) is 0 Å². The van der Waals surface area contributed by atoms with Crippen LogP contribution in [0.4, 0.5) is 0 Å². The van der Waals surface area contributed by atoms with E-state index in [0.717, 1.165) is 45.2 Å². The second kappa shape index (κ2) is 15.9. The highest BCUT2D eigenvalue weighted by molar-refractivity contribution is 5.69. The van der Waals surface area contributed by atoms with Crippen LogP contribution in [0.25, 0.3) is 0 Å². The molecule has 0 aromatic rings. The summed E-state index contributed by atoms with van der Waals surface area (Å²) in [5, 5.41) is 1.68. The number of hydrogen-bond acceptors (Lipinski definition) is 3. The van der Waals surface area contributed by atoms with Crippen molar-refractivity contribution in [3.8, 4) is 0 Å². The molecule has 1 saturated heterocycles. The summed E-state index contributed by atoms with van der Waals surface area (Å²) in [5.41, 5.74) is 0. The van der Waals surface area contributed by atoms with Crippen molar-refractivity contribution in [1.82, 2.24) is 5.06 Å². The normalized spacial score (nSPS) is 15.2. The maximum absolute atomic E-state index is 11.3. The predicted octanol–water partition coefficient (Wildman–Crippen LogP) is 5.91. The minimum atomic E-state index is -0.103. The number of allylic oxidation sites excluding steroid dienone is 8. The van der Waals surface area contributed by atoms with Gasteiger partial charge in [-0.25, -0.2) is 0 Å². The van der Waals surface area contributed by atoms with Crippen molar-refractivity contribution < 1.29 is 9.63 Å². The second-order valence-corrected chi connectivity index (χ2v) is 6.37. The summed E-state index contributed by atoms with van der Waals surface area (Å²) in [4.78, 5) is 16.4. The maximum Gasteiger partial charge on any atom is 0.325 e. The average Bonchev–Trinajstić information content (AvgIpc) is 3.41. The molecule has 0 aromatic carbocycles. The molecule has 3 nitrogen and oxygen atoms in total. The lowest BCUT2D eigenvalue weighted by Gasteiger charge is -2.01. The summed E-state index contributed by atoms with van der Waals surface area (Å²) >= 11 is 0. The second-order valence-electron chi connectivity index (χ2n) is 6.37. The van der Waals surface area contributed by atoms with E-state index in [1.165, 1.54) is 25.7 Å². The van der Waals surface area contributed by atoms with Crippen LogP contribution in [0.15, 0.2) is 48.6 Å². The molecule has 0 aliphatic carbocycles. The van der Waals surface area contributed by atoms with Gasteiger partial charge in [0.05, 0.1) is 13.1 Å². The number of carbonyl (C=O) groups is 1. The summed E-state index contributed by atoms with van der Waals surface area (Å²) in [6, 6.07) is 0. The standard InChI is InChI=1S/C22H35NO2/c1-2-3-4-5-6-7-8-9-10-11-12-13-14-15-16-17-18-19-22(24)25-23-20-21-23/h6-7,9-10,12-13,15-16H,2-5,8,11,14,17-21H2,1H3. The lowest BCUT2D eigenvalue weighted by Crippen LogP contribution is -2.08. The number of rotatable bonds is 15. The van der Waals surface area contributed by atoms with Gasteiger partial charge >= 0.3 is 5.97 Å². The number of carbonyl (C=O) groups excluding carboxylic acids is 1. The Morgan fingerprint density at radius 2 is 1.32 bits per heavy atom. The molecule has 0 N–H and O–H groups in total. The van der Waals surface area contributed by atoms with Gasteiger partial charge in [0.15, 0.2) is 0 Å². The van der Waals surface area contributed by atoms with Gasteiger partial charge in [-0.2, -0.15) is 0 Å². The SMILES string of the molecule is CCCCCC=CCC=CCC=CCC=CCCCC(=O)ON1CC1. The van der Waals surface area contributed by atoms with E-state index in [2.05, 4.69) is 55.5 Å². The monoisotopic (exact) mass is 345 g/mol. The largest absolute Gasteiger partial charge is 0.368 e. The Hall–Kier alpha value is -1.61. The molecule has 0 atom stereocenters. The van der Waals surface area contributed by atoms with Crippen LogP contribution < -0.4 is 0 Å².